The lowest BCUT2D eigenvalue weighted by atomic mass is 9.71. The number of alkyl halides is 6. The second kappa shape index (κ2) is 22.0. The minimum atomic E-state index is -5.87. The van der Waals surface area contributed by atoms with Gasteiger partial charge in [-0.2, -0.15) is 26.3 Å². The van der Waals surface area contributed by atoms with E-state index in [-0.39, 0.29) is 29.4 Å². The summed E-state index contributed by atoms with van der Waals surface area (Å²) < 4.78 is 122. The molecular weight excluding hydrogens is 1060 g/mol. The number of rotatable bonds is 11. The van der Waals surface area contributed by atoms with Crippen LogP contribution >= 0.6 is 0 Å². The minimum absolute atomic E-state index is 0.130. The van der Waals surface area contributed by atoms with Crippen molar-refractivity contribution in [1.82, 2.24) is 19.6 Å². The number of hydrogen-bond acceptors (Lipinski definition) is 10. The van der Waals surface area contributed by atoms with Crippen LogP contribution in [-0.2, 0) is 11.8 Å². The predicted octanol–water partition coefficient (Wildman–Crippen LogP) is 8.45. The molecule has 0 amide bonds. The highest BCUT2D eigenvalue weighted by Crippen LogP contribution is 2.60. The van der Waals surface area contributed by atoms with Gasteiger partial charge >= 0.3 is 36.2 Å². The Hall–Kier alpha value is -6.86. The molecular formula is C62H80F6N12O2+4. The molecule has 8 aliphatic heterocycles. The second-order valence-electron chi connectivity index (χ2n) is 23.8. The molecule has 82 heavy (non-hydrogen) atoms. The summed E-state index contributed by atoms with van der Waals surface area (Å²) in [5.74, 6) is 4.42. The van der Waals surface area contributed by atoms with Crippen molar-refractivity contribution >= 4 is 46.6 Å². The average molecular weight is 1140 g/mol. The quantitative estimate of drug-likeness (QED) is 0.108. The van der Waals surface area contributed by atoms with E-state index < -0.39 is 28.9 Å². The molecule has 4 aromatic rings. The van der Waals surface area contributed by atoms with Gasteiger partial charge in [-0.3, -0.25) is 37.9 Å². The van der Waals surface area contributed by atoms with Crippen molar-refractivity contribution in [3.05, 3.63) is 101 Å². The maximum atomic E-state index is 16.8. The van der Waals surface area contributed by atoms with Crippen LogP contribution in [0.15, 0.2) is 72.8 Å². The number of nitrogens with zero attached hydrogens (tertiary/aromatic N) is 12. The highest BCUT2D eigenvalue weighted by Gasteiger charge is 2.74. The first-order chi connectivity index (χ1) is 39.4. The lowest BCUT2D eigenvalue weighted by Gasteiger charge is -2.42. The van der Waals surface area contributed by atoms with Crippen LogP contribution in [-0.4, -0.2) is 214 Å². The number of halogens is 6. The number of anilines is 4. The number of ether oxygens (including phenoxy) is 2. The number of fused-ring (bicyclic) bond motifs is 4. The van der Waals surface area contributed by atoms with Gasteiger partial charge in [-0.05, 0) is 59.5 Å². The van der Waals surface area contributed by atoms with Crippen molar-refractivity contribution in [2.45, 2.75) is 82.5 Å². The van der Waals surface area contributed by atoms with Gasteiger partial charge in [-0.15, -0.1) is 0 Å². The summed E-state index contributed by atoms with van der Waals surface area (Å²) >= 11 is 0. The molecule has 438 valence electrons. The summed E-state index contributed by atoms with van der Waals surface area (Å²) in [7, 11) is 9.47. The SMILES string of the molecule is COc1ccc(C(c2ccc(Oc3ccc(Cc4ccc(C)c(N5CCCN6CCC[N+](C)=C65)c4)c(N4CCCN5CCC[N+](C)=C54)c3)c(N3CCCN4CCC[N+](C)=C43)c2)(C(F)(F)F)C(F)(F)F)c(N2CCCN3CCC[N+](C)=C32)c1. The van der Waals surface area contributed by atoms with E-state index in [0.717, 1.165) is 138 Å². The highest BCUT2D eigenvalue weighted by molar-refractivity contribution is 5.98. The van der Waals surface area contributed by atoms with Gasteiger partial charge in [0.25, 0.3) is 0 Å². The molecule has 0 spiro atoms. The fraction of sp³-hybridized carbons (Fsp3) is 0.548. The molecule has 0 N–H and O–H groups in total. The van der Waals surface area contributed by atoms with Gasteiger partial charge in [0.2, 0.25) is 5.41 Å². The summed E-state index contributed by atoms with van der Waals surface area (Å²) in [6.45, 7) is 14.3. The van der Waals surface area contributed by atoms with E-state index in [1.807, 2.05) is 35.7 Å². The number of hydrogen-bond donors (Lipinski definition) is 0. The zero-order valence-corrected chi connectivity index (χ0v) is 48.6. The van der Waals surface area contributed by atoms with Crippen molar-refractivity contribution < 1.29 is 54.1 Å². The van der Waals surface area contributed by atoms with Gasteiger partial charge in [0, 0.05) is 75.5 Å². The fourth-order valence-corrected chi connectivity index (χ4v) is 14.7. The van der Waals surface area contributed by atoms with E-state index in [9.17, 15) is 0 Å². The molecule has 0 aromatic heterocycles. The maximum absolute atomic E-state index is 16.8. The Morgan fingerprint density at radius 3 is 1.37 bits per heavy atom. The summed E-state index contributed by atoms with van der Waals surface area (Å²) in [4.78, 5) is 17.6. The Balaban J connectivity index is 1.01. The third-order valence-corrected chi connectivity index (χ3v) is 18.4. The van der Waals surface area contributed by atoms with E-state index in [2.05, 4.69) is 88.4 Å². The van der Waals surface area contributed by atoms with Gasteiger partial charge in [-0.25, -0.2) is 19.6 Å². The highest BCUT2D eigenvalue weighted by atomic mass is 19.4. The van der Waals surface area contributed by atoms with E-state index in [0.29, 0.717) is 76.8 Å². The summed E-state index contributed by atoms with van der Waals surface area (Å²) in [6.07, 6.45) is -4.10. The maximum Gasteiger partial charge on any atom is 0.411 e. The molecule has 12 rings (SSSR count). The molecule has 4 aromatic carbocycles. The Morgan fingerprint density at radius 2 is 0.878 bits per heavy atom. The van der Waals surface area contributed by atoms with Gasteiger partial charge in [0.15, 0.2) is 5.75 Å². The lowest BCUT2D eigenvalue weighted by Crippen LogP contribution is -2.59. The van der Waals surface area contributed by atoms with Crippen LogP contribution in [0.3, 0.4) is 0 Å². The summed E-state index contributed by atoms with van der Waals surface area (Å²) in [5, 5.41) is 0. The van der Waals surface area contributed by atoms with Gasteiger partial charge in [0.1, 0.15) is 34.2 Å². The largest absolute Gasteiger partial charge is 0.497 e. The van der Waals surface area contributed by atoms with Gasteiger partial charge in [-0.1, -0.05) is 30.3 Å². The molecule has 0 aliphatic carbocycles. The first-order valence-electron chi connectivity index (χ1n) is 29.7. The lowest BCUT2D eigenvalue weighted by molar-refractivity contribution is -0.510. The molecule has 0 bridgehead atoms. The molecule has 20 heteroatoms. The molecule has 4 saturated heterocycles. The third kappa shape index (κ3) is 9.79. The van der Waals surface area contributed by atoms with Crippen molar-refractivity contribution in [1.29, 1.82) is 0 Å². The average Bonchev–Trinajstić information content (AvgIpc) is 1.36. The first-order valence-corrected chi connectivity index (χ1v) is 29.7. The smallest absolute Gasteiger partial charge is 0.411 e. The Bertz CT molecular complexity index is 3230. The van der Waals surface area contributed by atoms with Crippen LogP contribution in [0.4, 0.5) is 49.1 Å². The van der Waals surface area contributed by atoms with Crippen LogP contribution in [0.1, 0.15) is 79.2 Å². The monoisotopic (exact) mass is 1140 g/mol. The molecule has 0 saturated carbocycles. The number of benzene rings is 4. The predicted molar refractivity (Wildman–Crippen MR) is 310 cm³/mol. The second-order valence-corrected chi connectivity index (χ2v) is 23.8. The van der Waals surface area contributed by atoms with E-state index in [1.165, 1.54) is 42.5 Å². The topological polar surface area (TPSA) is 56.4 Å². The molecule has 14 nitrogen and oxygen atoms in total. The Kier molecular flexibility index (Phi) is 15.0. The normalized spacial score (nSPS) is 20.4. The van der Waals surface area contributed by atoms with Crippen molar-refractivity contribution in [3.8, 4) is 17.2 Å². The van der Waals surface area contributed by atoms with E-state index in [4.69, 9.17) is 9.47 Å². The van der Waals surface area contributed by atoms with Crippen LogP contribution in [0, 0.1) is 6.92 Å². The van der Waals surface area contributed by atoms with Gasteiger partial charge in [0.05, 0.1) is 140 Å². The third-order valence-electron chi connectivity index (χ3n) is 18.4. The summed E-state index contributed by atoms with van der Waals surface area (Å²) in [6, 6.07) is 19.8. The number of methoxy groups -OCH3 is 1. The Morgan fingerprint density at radius 1 is 0.439 bits per heavy atom. The van der Waals surface area contributed by atoms with Crippen LogP contribution in [0.5, 0.6) is 17.2 Å². The molecule has 0 unspecified atom stereocenters. The van der Waals surface area contributed by atoms with Crippen molar-refractivity contribution in [3.63, 3.8) is 0 Å². The van der Waals surface area contributed by atoms with Crippen LogP contribution in [0.2, 0.25) is 0 Å². The Labute approximate surface area is 478 Å². The number of aryl methyl sites for hydroxylation is 1. The zero-order chi connectivity index (χ0) is 57.2. The van der Waals surface area contributed by atoms with Gasteiger partial charge < -0.3 is 9.47 Å². The molecule has 0 radical (unpaired) electrons. The molecule has 8 heterocycles. The van der Waals surface area contributed by atoms with E-state index >= 15 is 26.3 Å². The first kappa shape index (κ1) is 55.7. The standard InChI is InChI=1S/C62H80F6N12O2/c1-44-15-16-45(40-51(44)77-35-11-31-73-27-7-23-69(2)56(73)77)39-46-17-19-49(43-52(46)78-36-12-32-74-28-8-24-70(3)57(74)78)82-55-22-18-47(41-54(55)80-38-14-34-76-30-10-26-72(5)59(76)80)60(61(63,64)65,62(66,67)68)50-21-20-48(81-6)42-53(50)79-37-13-33-75-29-9-25-71(4)58(75)79/h15-22,40-43H,7-14,23-39H2,1-6H3/q+4. The molecule has 4 fully saturated rings. The minimum Gasteiger partial charge on any atom is -0.497 e. The van der Waals surface area contributed by atoms with E-state index in [1.54, 1.807) is 4.90 Å². The van der Waals surface area contributed by atoms with Crippen molar-refractivity contribution in [2.75, 3.05) is 160 Å². The van der Waals surface area contributed by atoms with Crippen LogP contribution < -0.4 is 29.1 Å². The van der Waals surface area contributed by atoms with Crippen LogP contribution in [0.25, 0.3) is 0 Å². The fourth-order valence-electron chi connectivity index (χ4n) is 14.7. The molecule has 0 atom stereocenters. The number of guanidine groups is 4. The van der Waals surface area contributed by atoms with Crippen molar-refractivity contribution in [2.24, 2.45) is 0 Å². The zero-order valence-electron chi connectivity index (χ0n) is 48.6. The summed E-state index contributed by atoms with van der Waals surface area (Å²) in [5.41, 5.74) is -0.837. The molecule has 8 aliphatic rings.